The molecule has 0 aromatic heterocycles. The van der Waals surface area contributed by atoms with E-state index in [0.29, 0.717) is 17.5 Å². The van der Waals surface area contributed by atoms with Gasteiger partial charge in [-0.1, -0.05) is 46.9 Å². The quantitative estimate of drug-likeness (QED) is 0.497. The van der Waals surface area contributed by atoms with Gasteiger partial charge in [0.05, 0.1) is 6.54 Å². The predicted octanol–water partition coefficient (Wildman–Crippen LogP) is 3.31. The third-order valence-electron chi connectivity index (χ3n) is 2.27. The molecule has 3 nitrogen and oxygen atoms in total. The number of unbranched alkanes of at least 4 members (excludes halogenated alkanes) is 1. The van der Waals surface area contributed by atoms with Crippen molar-refractivity contribution in [3.05, 3.63) is 33.3 Å². The van der Waals surface area contributed by atoms with Crippen molar-refractivity contribution < 1.29 is 0 Å². The second-order valence-corrected chi connectivity index (χ2v) is 5.04. The van der Waals surface area contributed by atoms with Crippen molar-refractivity contribution in [2.75, 3.05) is 6.54 Å². The minimum atomic E-state index is 0.470. The first-order valence-electron chi connectivity index (χ1n) is 5.61. The van der Waals surface area contributed by atoms with Crippen LogP contribution in [0.15, 0.2) is 27.7 Å². The van der Waals surface area contributed by atoms with Crippen LogP contribution in [-0.4, -0.2) is 12.5 Å². The highest BCUT2D eigenvalue weighted by Crippen LogP contribution is 2.21. The van der Waals surface area contributed by atoms with E-state index in [9.17, 15) is 0 Å². The highest BCUT2D eigenvalue weighted by atomic mass is 79.9. The monoisotopic (exact) mass is 317 g/mol. The van der Waals surface area contributed by atoms with Crippen LogP contribution in [-0.2, 0) is 6.54 Å². The molecule has 1 aromatic rings. The van der Waals surface area contributed by atoms with Gasteiger partial charge in [-0.05, 0) is 24.1 Å². The number of hydrogen-bond acceptors (Lipinski definition) is 1. The molecule has 0 radical (unpaired) electrons. The standard InChI is InChI=1S/C12H17BrClN3/c1-2-3-6-16-12(15)17-8-9-4-5-10(13)7-11(9)14/h4-5,7H,2-3,6,8H2,1H3,(H3,15,16,17). The van der Waals surface area contributed by atoms with Crippen molar-refractivity contribution in [3.8, 4) is 0 Å². The summed E-state index contributed by atoms with van der Waals surface area (Å²) in [5.74, 6) is 0.470. The lowest BCUT2D eigenvalue weighted by atomic mass is 10.2. The van der Waals surface area contributed by atoms with E-state index in [4.69, 9.17) is 17.3 Å². The Kier molecular flexibility index (Phi) is 6.37. The van der Waals surface area contributed by atoms with Crippen LogP contribution in [0.2, 0.25) is 5.02 Å². The SMILES string of the molecule is CCCCNC(N)=NCc1ccc(Br)cc1Cl. The van der Waals surface area contributed by atoms with Gasteiger partial charge in [-0.25, -0.2) is 4.99 Å². The minimum absolute atomic E-state index is 0.470. The predicted molar refractivity (Wildman–Crippen MR) is 77.4 cm³/mol. The normalized spacial score (nSPS) is 11.6. The van der Waals surface area contributed by atoms with Gasteiger partial charge in [0.2, 0.25) is 0 Å². The molecule has 0 heterocycles. The number of nitrogens with zero attached hydrogens (tertiary/aromatic N) is 1. The number of hydrogen-bond donors (Lipinski definition) is 2. The molecule has 0 aliphatic carbocycles. The van der Waals surface area contributed by atoms with Gasteiger partial charge < -0.3 is 11.1 Å². The molecule has 17 heavy (non-hydrogen) atoms. The first-order valence-corrected chi connectivity index (χ1v) is 6.78. The number of rotatable bonds is 5. The Morgan fingerprint density at radius 1 is 1.53 bits per heavy atom. The first-order chi connectivity index (χ1) is 8.13. The number of benzene rings is 1. The molecule has 5 heteroatoms. The molecule has 0 atom stereocenters. The van der Waals surface area contributed by atoms with Crippen LogP contribution in [0.1, 0.15) is 25.3 Å². The van der Waals surface area contributed by atoms with E-state index in [-0.39, 0.29) is 0 Å². The average molecular weight is 319 g/mol. The van der Waals surface area contributed by atoms with Gasteiger partial charge in [-0.15, -0.1) is 0 Å². The molecule has 0 fully saturated rings. The average Bonchev–Trinajstić information content (AvgIpc) is 2.28. The zero-order valence-electron chi connectivity index (χ0n) is 9.84. The lowest BCUT2D eigenvalue weighted by Crippen LogP contribution is -2.32. The summed E-state index contributed by atoms with van der Waals surface area (Å²) in [5, 5.41) is 3.76. The van der Waals surface area contributed by atoms with Crippen molar-refractivity contribution in [2.45, 2.75) is 26.3 Å². The Balaban J connectivity index is 2.50. The molecule has 0 saturated carbocycles. The molecule has 0 unspecified atom stereocenters. The van der Waals surface area contributed by atoms with E-state index < -0.39 is 0 Å². The van der Waals surface area contributed by atoms with Crippen LogP contribution >= 0.6 is 27.5 Å². The minimum Gasteiger partial charge on any atom is -0.370 e. The van der Waals surface area contributed by atoms with E-state index in [2.05, 4.69) is 33.2 Å². The number of aliphatic imine (C=N–C) groups is 1. The molecule has 0 bridgehead atoms. The van der Waals surface area contributed by atoms with Crippen LogP contribution in [0, 0.1) is 0 Å². The Morgan fingerprint density at radius 3 is 2.94 bits per heavy atom. The summed E-state index contributed by atoms with van der Waals surface area (Å²) < 4.78 is 0.962. The maximum Gasteiger partial charge on any atom is 0.188 e. The summed E-state index contributed by atoms with van der Waals surface area (Å²) in [6, 6.07) is 5.74. The second-order valence-electron chi connectivity index (χ2n) is 3.72. The summed E-state index contributed by atoms with van der Waals surface area (Å²) in [4.78, 5) is 4.24. The Hall–Kier alpha value is -0.740. The molecular weight excluding hydrogens is 302 g/mol. The topological polar surface area (TPSA) is 50.4 Å². The molecule has 1 aromatic carbocycles. The van der Waals surface area contributed by atoms with Crippen molar-refractivity contribution in [1.29, 1.82) is 0 Å². The van der Waals surface area contributed by atoms with Gasteiger partial charge in [0.1, 0.15) is 0 Å². The molecule has 1 rings (SSSR count). The third-order valence-corrected chi connectivity index (χ3v) is 3.12. The number of halogens is 2. The molecule has 0 aliphatic rings. The number of nitrogens with one attached hydrogen (secondary N) is 1. The van der Waals surface area contributed by atoms with Crippen LogP contribution < -0.4 is 11.1 Å². The maximum absolute atomic E-state index is 6.08. The van der Waals surface area contributed by atoms with Gasteiger partial charge in [0.25, 0.3) is 0 Å². The van der Waals surface area contributed by atoms with Crippen LogP contribution in [0.5, 0.6) is 0 Å². The highest BCUT2D eigenvalue weighted by Gasteiger charge is 2.00. The van der Waals surface area contributed by atoms with Gasteiger partial charge in [0.15, 0.2) is 5.96 Å². The van der Waals surface area contributed by atoms with Gasteiger partial charge >= 0.3 is 0 Å². The van der Waals surface area contributed by atoms with E-state index in [0.717, 1.165) is 29.4 Å². The van der Waals surface area contributed by atoms with Crippen molar-refractivity contribution in [1.82, 2.24) is 5.32 Å². The number of nitrogens with two attached hydrogens (primary N) is 1. The first kappa shape index (κ1) is 14.3. The maximum atomic E-state index is 6.08. The molecule has 3 N–H and O–H groups in total. The fourth-order valence-electron chi connectivity index (χ4n) is 1.27. The van der Waals surface area contributed by atoms with Crippen LogP contribution in [0.3, 0.4) is 0 Å². The van der Waals surface area contributed by atoms with E-state index in [1.807, 2.05) is 18.2 Å². The molecule has 0 amide bonds. The van der Waals surface area contributed by atoms with Gasteiger partial charge in [-0.3, -0.25) is 0 Å². The number of guanidine groups is 1. The second kappa shape index (κ2) is 7.56. The largest absolute Gasteiger partial charge is 0.370 e. The fraction of sp³-hybridized carbons (Fsp3) is 0.417. The molecule has 0 spiro atoms. The Labute approximate surface area is 116 Å². The van der Waals surface area contributed by atoms with Crippen molar-refractivity contribution in [3.63, 3.8) is 0 Å². The van der Waals surface area contributed by atoms with Crippen LogP contribution in [0.4, 0.5) is 0 Å². The Bertz CT molecular complexity index is 393. The summed E-state index contributed by atoms with van der Waals surface area (Å²) in [7, 11) is 0. The van der Waals surface area contributed by atoms with E-state index >= 15 is 0 Å². The summed E-state index contributed by atoms with van der Waals surface area (Å²) >= 11 is 9.44. The molecule has 94 valence electrons. The zero-order chi connectivity index (χ0) is 12.7. The van der Waals surface area contributed by atoms with Crippen LogP contribution in [0.25, 0.3) is 0 Å². The smallest absolute Gasteiger partial charge is 0.188 e. The summed E-state index contributed by atoms with van der Waals surface area (Å²) in [6.07, 6.45) is 2.23. The molecule has 0 saturated heterocycles. The lowest BCUT2D eigenvalue weighted by molar-refractivity contribution is 0.748. The lowest BCUT2D eigenvalue weighted by Gasteiger charge is -2.05. The third kappa shape index (κ3) is 5.41. The van der Waals surface area contributed by atoms with Gasteiger partial charge in [0, 0.05) is 16.0 Å². The molecular formula is C12H17BrClN3. The van der Waals surface area contributed by atoms with E-state index in [1.54, 1.807) is 0 Å². The highest BCUT2D eigenvalue weighted by molar-refractivity contribution is 9.10. The van der Waals surface area contributed by atoms with Crippen molar-refractivity contribution in [2.24, 2.45) is 10.7 Å². The summed E-state index contributed by atoms with van der Waals surface area (Å²) in [5.41, 5.74) is 6.70. The summed E-state index contributed by atoms with van der Waals surface area (Å²) in [6.45, 7) is 3.49. The van der Waals surface area contributed by atoms with Crippen molar-refractivity contribution >= 4 is 33.5 Å². The zero-order valence-corrected chi connectivity index (χ0v) is 12.2. The fourth-order valence-corrected chi connectivity index (χ4v) is 2.00. The van der Waals surface area contributed by atoms with Gasteiger partial charge in [-0.2, -0.15) is 0 Å². The Morgan fingerprint density at radius 2 is 2.29 bits per heavy atom. The van der Waals surface area contributed by atoms with E-state index in [1.165, 1.54) is 0 Å². The molecule has 0 aliphatic heterocycles.